The molecule has 3 nitrogen and oxygen atoms in total. The molecule has 0 amide bonds. The molecular formula is C11H24N2O. The lowest BCUT2D eigenvalue weighted by atomic mass is 10.2. The van der Waals surface area contributed by atoms with Crippen LogP contribution in [0.1, 0.15) is 26.2 Å². The Kier molecular flexibility index (Phi) is 6.15. The Labute approximate surface area is 87.7 Å². The molecule has 0 aromatic rings. The molecule has 0 aromatic carbocycles. The molecule has 0 radical (unpaired) electrons. The monoisotopic (exact) mass is 200 g/mol. The van der Waals surface area contributed by atoms with Crippen molar-refractivity contribution in [2.24, 2.45) is 0 Å². The van der Waals surface area contributed by atoms with Crippen LogP contribution in [0.25, 0.3) is 0 Å². The number of hydrogen-bond donors (Lipinski definition) is 1. The van der Waals surface area contributed by atoms with Crippen LogP contribution in [0.15, 0.2) is 0 Å². The molecule has 1 N–H and O–H groups in total. The predicted molar refractivity (Wildman–Crippen MR) is 59.5 cm³/mol. The van der Waals surface area contributed by atoms with Crippen LogP contribution in [0.2, 0.25) is 0 Å². The van der Waals surface area contributed by atoms with Gasteiger partial charge in [-0.15, -0.1) is 0 Å². The Balaban J connectivity index is 2.03. The van der Waals surface area contributed by atoms with Gasteiger partial charge in [0.2, 0.25) is 0 Å². The Morgan fingerprint density at radius 2 is 1.50 bits per heavy atom. The molecule has 0 aliphatic carbocycles. The average Bonchev–Trinajstić information content (AvgIpc) is 2.21. The van der Waals surface area contributed by atoms with Gasteiger partial charge in [-0.05, 0) is 32.4 Å². The Bertz CT molecular complexity index is 133. The quantitative estimate of drug-likeness (QED) is 0.642. The van der Waals surface area contributed by atoms with E-state index in [9.17, 15) is 0 Å². The van der Waals surface area contributed by atoms with Crippen LogP contribution in [0.3, 0.4) is 0 Å². The molecule has 14 heavy (non-hydrogen) atoms. The second-order valence-electron chi connectivity index (χ2n) is 4.11. The third-order valence-corrected chi connectivity index (χ3v) is 2.89. The molecule has 1 rings (SSSR count). The Morgan fingerprint density at radius 3 is 2.00 bits per heavy atom. The standard InChI is InChI=1S/C11H24N2O/c1-2-5-12-7-9-13(10-8-12)6-3-4-11-14/h14H,2-11H2,1H3. The van der Waals surface area contributed by atoms with E-state index < -0.39 is 0 Å². The lowest BCUT2D eigenvalue weighted by Crippen LogP contribution is -2.46. The number of aliphatic hydroxyl groups is 1. The molecule has 0 bridgehead atoms. The second-order valence-corrected chi connectivity index (χ2v) is 4.11. The number of piperazine rings is 1. The summed E-state index contributed by atoms with van der Waals surface area (Å²) in [6.07, 6.45) is 3.37. The topological polar surface area (TPSA) is 26.7 Å². The average molecular weight is 200 g/mol. The Morgan fingerprint density at radius 1 is 0.929 bits per heavy atom. The first kappa shape index (κ1) is 12.0. The summed E-state index contributed by atoms with van der Waals surface area (Å²) in [6, 6.07) is 0. The van der Waals surface area contributed by atoms with Crippen molar-refractivity contribution in [3.8, 4) is 0 Å². The molecule has 0 atom stereocenters. The SMILES string of the molecule is CCCN1CCN(CCCCO)CC1. The van der Waals surface area contributed by atoms with E-state index in [-0.39, 0.29) is 0 Å². The van der Waals surface area contributed by atoms with Gasteiger partial charge < -0.3 is 14.9 Å². The minimum atomic E-state index is 0.343. The zero-order chi connectivity index (χ0) is 10.2. The molecule has 1 heterocycles. The summed E-state index contributed by atoms with van der Waals surface area (Å²) in [5.41, 5.74) is 0. The molecule has 84 valence electrons. The maximum atomic E-state index is 8.68. The second kappa shape index (κ2) is 7.21. The van der Waals surface area contributed by atoms with Crippen LogP contribution in [-0.2, 0) is 0 Å². The number of hydrogen-bond acceptors (Lipinski definition) is 3. The van der Waals surface area contributed by atoms with Gasteiger partial charge >= 0.3 is 0 Å². The van der Waals surface area contributed by atoms with Crippen LogP contribution >= 0.6 is 0 Å². The van der Waals surface area contributed by atoms with Crippen molar-refractivity contribution < 1.29 is 5.11 Å². The summed E-state index contributed by atoms with van der Waals surface area (Å²) in [4.78, 5) is 5.06. The molecule has 0 aromatic heterocycles. The summed E-state index contributed by atoms with van der Waals surface area (Å²) in [6.45, 7) is 9.89. The summed E-state index contributed by atoms with van der Waals surface area (Å²) in [5.74, 6) is 0. The highest BCUT2D eigenvalue weighted by molar-refractivity contribution is 4.71. The van der Waals surface area contributed by atoms with Gasteiger partial charge in [0.15, 0.2) is 0 Å². The first-order chi connectivity index (χ1) is 6.86. The lowest BCUT2D eigenvalue weighted by molar-refractivity contribution is 0.129. The first-order valence-electron chi connectivity index (χ1n) is 5.92. The van der Waals surface area contributed by atoms with Gasteiger partial charge in [0.05, 0.1) is 0 Å². The third-order valence-electron chi connectivity index (χ3n) is 2.89. The van der Waals surface area contributed by atoms with E-state index in [4.69, 9.17) is 5.11 Å². The van der Waals surface area contributed by atoms with Gasteiger partial charge in [0, 0.05) is 32.8 Å². The number of unbranched alkanes of at least 4 members (excludes halogenated alkanes) is 1. The molecule has 0 unspecified atom stereocenters. The summed E-state index contributed by atoms with van der Waals surface area (Å²) >= 11 is 0. The molecule has 1 aliphatic rings. The summed E-state index contributed by atoms with van der Waals surface area (Å²) in [7, 11) is 0. The van der Waals surface area contributed by atoms with Crippen molar-refractivity contribution in [1.29, 1.82) is 0 Å². The zero-order valence-corrected chi connectivity index (χ0v) is 9.41. The highest BCUT2D eigenvalue weighted by atomic mass is 16.2. The number of nitrogens with zero attached hydrogens (tertiary/aromatic N) is 2. The molecule has 0 saturated carbocycles. The van der Waals surface area contributed by atoms with E-state index in [1.54, 1.807) is 0 Å². The smallest absolute Gasteiger partial charge is 0.0431 e. The highest BCUT2D eigenvalue weighted by Gasteiger charge is 2.14. The van der Waals surface area contributed by atoms with Gasteiger partial charge in [0.25, 0.3) is 0 Å². The molecule has 1 saturated heterocycles. The van der Waals surface area contributed by atoms with Crippen molar-refractivity contribution in [1.82, 2.24) is 9.80 Å². The van der Waals surface area contributed by atoms with Gasteiger partial charge in [-0.3, -0.25) is 0 Å². The summed E-state index contributed by atoms with van der Waals surface area (Å²) in [5, 5.41) is 8.68. The maximum absolute atomic E-state index is 8.68. The van der Waals surface area contributed by atoms with Crippen molar-refractivity contribution >= 4 is 0 Å². The van der Waals surface area contributed by atoms with Crippen LogP contribution in [-0.4, -0.2) is 60.8 Å². The predicted octanol–water partition coefficient (Wildman–Crippen LogP) is 0.786. The fourth-order valence-corrected chi connectivity index (χ4v) is 2.00. The minimum Gasteiger partial charge on any atom is -0.396 e. The van der Waals surface area contributed by atoms with Crippen LogP contribution < -0.4 is 0 Å². The van der Waals surface area contributed by atoms with Gasteiger partial charge in [-0.2, -0.15) is 0 Å². The van der Waals surface area contributed by atoms with Gasteiger partial charge in [-0.25, -0.2) is 0 Å². The molecule has 0 spiro atoms. The van der Waals surface area contributed by atoms with E-state index in [0.717, 1.165) is 12.8 Å². The van der Waals surface area contributed by atoms with E-state index in [2.05, 4.69) is 16.7 Å². The van der Waals surface area contributed by atoms with Crippen molar-refractivity contribution in [2.45, 2.75) is 26.2 Å². The van der Waals surface area contributed by atoms with E-state index in [0.29, 0.717) is 6.61 Å². The number of rotatable bonds is 6. The molecule has 1 aliphatic heterocycles. The minimum absolute atomic E-state index is 0.343. The maximum Gasteiger partial charge on any atom is 0.0431 e. The van der Waals surface area contributed by atoms with Gasteiger partial charge in [0.1, 0.15) is 0 Å². The third kappa shape index (κ3) is 4.40. The summed E-state index contributed by atoms with van der Waals surface area (Å²) < 4.78 is 0. The van der Waals surface area contributed by atoms with Crippen molar-refractivity contribution in [3.05, 3.63) is 0 Å². The first-order valence-corrected chi connectivity index (χ1v) is 5.92. The lowest BCUT2D eigenvalue weighted by Gasteiger charge is -2.34. The number of aliphatic hydroxyl groups excluding tert-OH is 1. The molecule has 3 heteroatoms. The van der Waals surface area contributed by atoms with E-state index in [1.807, 2.05) is 0 Å². The van der Waals surface area contributed by atoms with Crippen LogP contribution in [0.4, 0.5) is 0 Å². The zero-order valence-electron chi connectivity index (χ0n) is 9.41. The van der Waals surface area contributed by atoms with Crippen molar-refractivity contribution in [2.75, 3.05) is 45.9 Å². The van der Waals surface area contributed by atoms with E-state index in [1.165, 1.54) is 45.7 Å². The van der Waals surface area contributed by atoms with Crippen LogP contribution in [0.5, 0.6) is 0 Å². The van der Waals surface area contributed by atoms with E-state index >= 15 is 0 Å². The van der Waals surface area contributed by atoms with Crippen molar-refractivity contribution in [3.63, 3.8) is 0 Å². The van der Waals surface area contributed by atoms with Crippen LogP contribution in [0, 0.1) is 0 Å². The molecular weight excluding hydrogens is 176 g/mol. The highest BCUT2D eigenvalue weighted by Crippen LogP contribution is 2.03. The fourth-order valence-electron chi connectivity index (χ4n) is 2.00. The molecule has 1 fully saturated rings. The van der Waals surface area contributed by atoms with Gasteiger partial charge in [-0.1, -0.05) is 6.92 Å². The normalized spacial score (nSPS) is 20.1. The largest absolute Gasteiger partial charge is 0.396 e. The fraction of sp³-hybridized carbons (Fsp3) is 1.00. The Hall–Kier alpha value is -0.120.